The molecule has 0 fully saturated rings. The molecule has 0 saturated carbocycles. The van der Waals surface area contributed by atoms with Crippen LogP contribution >= 0.6 is 0 Å². The van der Waals surface area contributed by atoms with Gasteiger partial charge in [-0.25, -0.2) is 4.98 Å². The Morgan fingerprint density at radius 3 is 2.76 bits per heavy atom. The van der Waals surface area contributed by atoms with E-state index in [2.05, 4.69) is 15.3 Å². The van der Waals surface area contributed by atoms with Gasteiger partial charge in [-0.05, 0) is 12.5 Å². The van der Waals surface area contributed by atoms with Crippen molar-refractivity contribution in [3.8, 4) is 0 Å². The van der Waals surface area contributed by atoms with Gasteiger partial charge in [-0.15, -0.1) is 0 Å². The number of rotatable bonds is 3. The summed E-state index contributed by atoms with van der Waals surface area (Å²) in [6.07, 6.45) is 1.33. The first-order valence-electron chi connectivity index (χ1n) is 5.29. The third-order valence-electron chi connectivity index (χ3n) is 2.47. The van der Waals surface area contributed by atoms with E-state index in [1.165, 1.54) is 11.9 Å². The number of benzene rings is 1. The first-order chi connectivity index (χ1) is 8.16. The van der Waals surface area contributed by atoms with E-state index in [1.807, 2.05) is 31.2 Å². The minimum atomic E-state index is -0.327. The number of hydrogen-bond donors (Lipinski definition) is 3. The van der Waals surface area contributed by atoms with E-state index >= 15 is 0 Å². The van der Waals surface area contributed by atoms with Crippen LogP contribution in [0.4, 0.5) is 11.5 Å². The highest BCUT2D eigenvalue weighted by molar-refractivity contribution is 5.58. The molecular formula is C12H14N4O. The topological polar surface area (TPSA) is 83.8 Å². The highest BCUT2D eigenvalue weighted by atomic mass is 16.1. The maximum absolute atomic E-state index is 11.2. The zero-order valence-electron chi connectivity index (χ0n) is 9.53. The molecule has 0 radical (unpaired) electrons. The molecule has 0 unspecified atom stereocenters. The third kappa shape index (κ3) is 2.63. The summed E-state index contributed by atoms with van der Waals surface area (Å²) >= 11 is 0. The highest BCUT2D eigenvalue weighted by Gasteiger charge is 2.03. The molecule has 5 heteroatoms. The molecule has 1 aromatic carbocycles. The molecule has 17 heavy (non-hydrogen) atoms. The summed E-state index contributed by atoms with van der Waals surface area (Å²) in [7, 11) is 0. The Labute approximate surface area is 98.7 Å². The van der Waals surface area contributed by atoms with Crippen molar-refractivity contribution in [3.63, 3.8) is 0 Å². The fraction of sp³-hybridized carbons (Fsp3) is 0.167. The summed E-state index contributed by atoms with van der Waals surface area (Å²) in [6.45, 7) is 2.62. The first-order valence-corrected chi connectivity index (χ1v) is 5.29. The molecule has 4 N–H and O–H groups in total. The molecule has 5 nitrogen and oxygen atoms in total. The Morgan fingerprint density at radius 2 is 2.06 bits per heavy atom. The fourth-order valence-electron chi connectivity index (χ4n) is 1.44. The third-order valence-corrected chi connectivity index (χ3v) is 2.47. The van der Waals surface area contributed by atoms with Crippen molar-refractivity contribution < 1.29 is 0 Å². The minimum absolute atomic E-state index is 0.111. The van der Waals surface area contributed by atoms with Crippen molar-refractivity contribution in [2.24, 2.45) is 0 Å². The van der Waals surface area contributed by atoms with Crippen molar-refractivity contribution in [3.05, 3.63) is 52.1 Å². The van der Waals surface area contributed by atoms with Crippen LogP contribution in [0.25, 0.3) is 0 Å². The van der Waals surface area contributed by atoms with Crippen LogP contribution in [0, 0.1) is 6.92 Å². The van der Waals surface area contributed by atoms with Gasteiger partial charge in [0.1, 0.15) is 5.69 Å². The summed E-state index contributed by atoms with van der Waals surface area (Å²) in [5.41, 5.74) is 7.70. The molecule has 2 rings (SSSR count). The summed E-state index contributed by atoms with van der Waals surface area (Å²) in [6, 6.07) is 8.11. The number of aryl methyl sites for hydroxylation is 1. The van der Waals surface area contributed by atoms with Crippen molar-refractivity contribution >= 4 is 11.5 Å². The van der Waals surface area contributed by atoms with E-state index in [0.717, 1.165) is 5.56 Å². The van der Waals surface area contributed by atoms with Crippen molar-refractivity contribution in [1.82, 2.24) is 9.97 Å². The normalized spacial score (nSPS) is 10.2. The predicted molar refractivity (Wildman–Crippen MR) is 67.8 cm³/mol. The monoisotopic (exact) mass is 230 g/mol. The second kappa shape index (κ2) is 4.69. The Morgan fingerprint density at radius 1 is 1.35 bits per heavy atom. The molecule has 0 aliphatic carbocycles. The highest BCUT2D eigenvalue weighted by Crippen LogP contribution is 2.10. The van der Waals surface area contributed by atoms with Gasteiger partial charge in [-0.1, -0.05) is 29.8 Å². The number of nitrogen functional groups attached to an aromatic ring is 1. The molecular weight excluding hydrogens is 216 g/mol. The second-order valence-electron chi connectivity index (χ2n) is 3.83. The number of aromatic nitrogens is 2. The molecule has 0 saturated heterocycles. The lowest BCUT2D eigenvalue weighted by Gasteiger charge is -2.07. The van der Waals surface area contributed by atoms with Crippen LogP contribution in [0.5, 0.6) is 0 Å². The average Bonchev–Trinajstić information content (AvgIpc) is 2.33. The van der Waals surface area contributed by atoms with Gasteiger partial charge in [0.15, 0.2) is 5.82 Å². The Balaban J connectivity index is 2.10. The van der Waals surface area contributed by atoms with E-state index in [4.69, 9.17) is 5.73 Å². The number of nitrogens with two attached hydrogens (primary N) is 1. The second-order valence-corrected chi connectivity index (χ2v) is 3.83. The van der Waals surface area contributed by atoms with Gasteiger partial charge in [0.2, 0.25) is 0 Å². The molecule has 0 atom stereocenters. The molecule has 0 spiro atoms. The van der Waals surface area contributed by atoms with Gasteiger partial charge < -0.3 is 16.0 Å². The maximum atomic E-state index is 11.2. The van der Waals surface area contributed by atoms with Gasteiger partial charge >= 0.3 is 0 Å². The van der Waals surface area contributed by atoms with Crippen LogP contribution in [-0.4, -0.2) is 9.97 Å². The fourth-order valence-corrected chi connectivity index (χ4v) is 1.44. The quantitative estimate of drug-likeness (QED) is 0.741. The summed E-state index contributed by atoms with van der Waals surface area (Å²) < 4.78 is 0. The Bertz CT molecular complexity index is 559. The lowest BCUT2D eigenvalue weighted by atomic mass is 10.1. The largest absolute Gasteiger partial charge is 0.391 e. The molecule has 0 aliphatic heterocycles. The number of nitrogens with one attached hydrogen (secondary N) is 2. The van der Waals surface area contributed by atoms with Gasteiger partial charge in [0.25, 0.3) is 5.56 Å². The van der Waals surface area contributed by atoms with E-state index in [9.17, 15) is 4.79 Å². The molecule has 1 aromatic heterocycles. The van der Waals surface area contributed by atoms with Crippen LogP contribution in [0.3, 0.4) is 0 Å². The summed E-state index contributed by atoms with van der Waals surface area (Å²) in [5.74, 6) is 0.411. The van der Waals surface area contributed by atoms with Crippen LogP contribution in [-0.2, 0) is 6.54 Å². The Hall–Kier alpha value is -2.30. The number of H-pyrrole nitrogens is 1. The number of hydrogen-bond acceptors (Lipinski definition) is 4. The molecule has 0 aliphatic rings. The molecule has 2 aromatic rings. The number of nitrogens with zero attached hydrogens (tertiary/aromatic N) is 1. The van der Waals surface area contributed by atoms with Crippen LogP contribution in [0.1, 0.15) is 11.1 Å². The molecule has 0 bridgehead atoms. The van der Waals surface area contributed by atoms with Crippen molar-refractivity contribution in [2.45, 2.75) is 13.5 Å². The SMILES string of the molecule is Cc1ccc(CNc2nc[nH]c(=O)c2N)cc1. The number of aromatic amines is 1. The zero-order valence-corrected chi connectivity index (χ0v) is 9.53. The van der Waals surface area contributed by atoms with Gasteiger partial charge in [-0.2, -0.15) is 0 Å². The van der Waals surface area contributed by atoms with Gasteiger partial charge in [0, 0.05) is 6.54 Å². The van der Waals surface area contributed by atoms with E-state index in [-0.39, 0.29) is 11.2 Å². The lowest BCUT2D eigenvalue weighted by molar-refractivity contribution is 1.06. The number of anilines is 2. The first kappa shape index (κ1) is 11.2. The average molecular weight is 230 g/mol. The molecule has 88 valence electrons. The molecule has 0 amide bonds. The van der Waals surface area contributed by atoms with Crippen LogP contribution in [0.15, 0.2) is 35.4 Å². The summed E-state index contributed by atoms with van der Waals surface area (Å²) in [4.78, 5) is 17.6. The summed E-state index contributed by atoms with van der Waals surface area (Å²) in [5, 5.41) is 3.03. The minimum Gasteiger partial charge on any atom is -0.391 e. The van der Waals surface area contributed by atoms with Gasteiger partial charge in [-0.3, -0.25) is 4.79 Å². The Kier molecular flexibility index (Phi) is 3.09. The van der Waals surface area contributed by atoms with E-state index < -0.39 is 0 Å². The zero-order chi connectivity index (χ0) is 12.3. The standard InChI is InChI=1S/C12H14N4O/c1-8-2-4-9(5-3-8)6-14-11-10(13)12(17)16-7-15-11/h2-5,7H,6,13H2,1H3,(H2,14,15,16,17). The van der Waals surface area contributed by atoms with Crippen molar-refractivity contribution in [2.75, 3.05) is 11.1 Å². The van der Waals surface area contributed by atoms with Crippen LogP contribution < -0.4 is 16.6 Å². The van der Waals surface area contributed by atoms with E-state index in [0.29, 0.717) is 12.4 Å². The lowest BCUT2D eigenvalue weighted by Crippen LogP contribution is -2.16. The van der Waals surface area contributed by atoms with Crippen LogP contribution in [0.2, 0.25) is 0 Å². The predicted octanol–water partition coefficient (Wildman–Crippen LogP) is 1.27. The maximum Gasteiger partial charge on any atom is 0.276 e. The molecule has 1 heterocycles. The van der Waals surface area contributed by atoms with E-state index in [1.54, 1.807) is 0 Å². The van der Waals surface area contributed by atoms with Crippen molar-refractivity contribution in [1.29, 1.82) is 0 Å². The smallest absolute Gasteiger partial charge is 0.276 e. The van der Waals surface area contributed by atoms with Gasteiger partial charge in [0.05, 0.1) is 6.33 Å².